The third-order valence-electron chi connectivity index (χ3n) is 3.16. The zero-order valence-electron chi connectivity index (χ0n) is 11.3. The molecule has 2 heterocycles. The zero-order chi connectivity index (χ0) is 15.7. The summed E-state index contributed by atoms with van der Waals surface area (Å²) >= 11 is 0. The molecular formula is C14H11N5O3. The highest BCUT2D eigenvalue weighted by Gasteiger charge is 2.17. The van der Waals surface area contributed by atoms with Crippen LogP contribution in [0.25, 0.3) is 22.0 Å². The Morgan fingerprint density at radius 3 is 2.55 bits per heavy atom. The van der Waals surface area contributed by atoms with E-state index in [1.165, 1.54) is 11.0 Å². The van der Waals surface area contributed by atoms with Gasteiger partial charge in [-0.3, -0.25) is 14.3 Å². The number of rotatable bonds is 4. The molecule has 0 aliphatic carbocycles. The molecule has 3 N–H and O–H groups in total. The first-order valence-electron chi connectivity index (χ1n) is 6.34. The monoisotopic (exact) mass is 297 g/mol. The number of hydrogen-bond donors (Lipinski definition) is 2. The predicted octanol–water partition coefficient (Wildman–Crippen LogP) is 0.677. The Balaban J connectivity index is 2.21. The number of amides is 1. The Hall–Kier alpha value is -3.29. The summed E-state index contributed by atoms with van der Waals surface area (Å²) in [5.41, 5.74) is 7.41. The Bertz CT molecular complexity index is 873. The van der Waals surface area contributed by atoms with E-state index in [1.54, 1.807) is 30.6 Å². The van der Waals surface area contributed by atoms with Crippen LogP contribution in [0, 0.1) is 0 Å². The molecule has 2 aromatic heterocycles. The van der Waals surface area contributed by atoms with Gasteiger partial charge in [0.1, 0.15) is 12.9 Å². The molecule has 8 heteroatoms. The van der Waals surface area contributed by atoms with E-state index < -0.39 is 11.9 Å². The quantitative estimate of drug-likeness (QED) is 0.729. The lowest BCUT2D eigenvalue weighted by molar-refractivity contribution is -0.137. The zero-order valence-corrected chi connectivity index (χ0v) is 11.3. The van der Waals surface area contributed by atoms with Crippen molar-refractivity contribution in [3.05, 3.63) is 42.6 Å². The maximum absolute atomic E-state index is 11.4. The number of nitrogens with two attached hydrogens (primary N) is 1. The van der Waals surface area contributed by atoms with Gasteiger partial charge in [-0.25, -0.2) is 9.97 Å². The summed E-state index contributed by atoms with van der Waals surface area (Å²) in [5.74, 6) is -1.76. The highest BCUT2D eigenvalue weighted by atomic mass is 16.4. The topological polar surface area (TPSA) is 124 Å². The second-order valence-electron chi connectivity index (χ2n) is 4.62. The fourth-order valence-electron chi connectivity index (χ4n) is 2.23. The summed E-state index contributed by atoms with van der Waals surface area (Å²) in [4.78, 5) is 30.3. The number of hydrogen-bond acceptors (Lipinski definition) is 5. The maximum Gasteiger partial charge on any atom is 0.325 e. The van der Waals surface area contributed by atoms with E-state index in [9.17, 15) is 9.59 Å². The Labute approximate surface area is 124 Å². The smallest absolute Gasteiger partial charge is 0.325 e. The van der Waals surface area contributed by atoms with E-state index in [0.29, 0.717) is 10.9 Å². The second kappa shape index (κ2) is 5.24. The predicted molar refractivity (Wildman–Crippen MR) is 76.9 cm³/mol. The van der Waals surface area contributed by atoms with Gasteiger partial charge in [0.2, 0.25) is 0 Å². The Morgan fingerprint density at radius 2 is 1.91 bits per heavy atom. The minimum atomic E-state index is -1.06. The van der Waals surface area contributed by atoms with E-state index in [-0.39, 0.29) is 12.2 Å². The lowest BCUT2D eigenvalue weighted by atomic mass is 10.1. The first-order valence-corrected chi connectivity index (χ1v) is 6.34. The number of carboxylic acids is 1. The van der Waals surface area contributed by atoms with Crippen molar-refractivity contribution < 1.29 is 14.7 Å². The van der Waals surface area contributed by atoms with Gasteiger partial charge < -0.3 is 10.8 Å². The minimum absolute atomic E-state index is 0.0483. The summed E-state index contributed by atoms with van der Waals surface area (Å²) in [7, 11) is 0. The molecule has 3 aromatic rings. The van der Waals surface area contributed by atoms with E-state index in [2.05, 4.69) is 15.1 Å². The number of primary amides is 1. The number of carbonyl (C=O) groups excluding carboxylic acids is 1. The van der Waals surface area contributed by atoms with Gasteiger partial charge in [0, 0.05) is 23.3 Å². The number of nitrogens with zero attached hydrogens (tertiary/aromatic N) is 4. The number of benzene rings is 1. The Kier molecular flexibility index (Phi) is 3.26. The summed E-state index contributed by atoms with van der Waals surface area (Å²) in [6.45, 7) is -0.363. The molecule has 0 spiro atoms. The van der Waals surface area contributed by atoms with Crippen molar-refractivity contribution >= 4 is 22.8 Å². The number of aromatic nitrogens is 4. The van der Waals surface area contributed by atoms with Crippen LogP contribution in [0.2, 0.25) is 0 Å². The molecule has 0 aliphatic heterocycles. The highest BCUT2D eigenvalue weighted by molar-refractivity contribution is 6.05. The molecule has 0 bridgehead atoms. The Morgan fingerprint density at radius 1 is 1.18 bits per heavy atom. The van der Waals surface area contributed by atoms with Gasteiger partial charge in [-0.15, -0.1) is 0 Å². The van der Waals surface area contributed by atoms with Crippen molar-refractivity contribution in [1.82, 2.24) is 19.7 Å². The van der Waals surface area contributed by atoms with Crippen LogP contribution >= 0.6 is 0 Å². The maximum atomic E-state index is 11.4. The average molecular weight is 297 g/mol. The molecule has 22 heavy (non-hydrogen) atoms. The number of carbonyl (C=O) groups is 2. The van der Waals surface area contributed by atoms with Crippen LogP contribution in [0.15, 0.2) is 36.9 Å². The van der Waals surface area contributed by atoms with Crippen molar-refractivity contribution in [3.8, 4) is 11.1 Å². The van der Waals surface area contributed by atoms with Gasteiger partial charge in [-0.05, 0) is 17.7 Å². The third kappa shape index (κ3) is 2.37. The van der Waals surface area contributed by atoms with Crippen molar-refractivity contribution in [2.24, 2.45) is 5.73 Å². The fraction of sp³-hybridized carbons (Fsp3) is 0.0714. The van der Waals surface area contributed by atoms with Gasteiger partial charge in [0.25, 0.3) is 5.91 Å². The first kappa shape index (κ1) is 13.7. The van der Waals surface area contributed by atoms with Gasteiger partial charge in [-0.2, -0.15) is 5.10 Å². The van der Waals surface area contributed by atoms with Crippen LogP contribution in [-0.2, 0) is 11.3 Å². The first-order chi connectivity index (χ1) is 10.6. The molecule has 110 valence electrons. The lowest BCUT2D eigenvalue weighted by Crippen LogP contribution is -2.14. The second-order valence-corrected chi connectivity index (χ2v) is 4.62. The molecule has 0 atom stereocenters. The molecule has 3 rings (SSSR count). The minimum Gasteiger partial charge on any atom is -0.480 e. The molecule has 0 unspecified atom stereocenters. The summed E-state index contributed by atoms with van der Waals surface area (Å²) in [6.07, 6.45) is 4.70. The molecule has 0 aliphatic rings. The van der Waals surface area contributed by atoms with Crippen LogP contribution in [0.3, 0.4) is 0 Å². The summed E-state index contributed by atoms with van der Waals surface area (Å²) < 4.78 is 1.24. The van der Waals surface area contributed by atoms with E-state index >= 15 is 0 Å². The van der Waals surface area contributed by atoms with Crippen molar-refractivity contribution in [2.75, 3.05) is 0 Å². The van der Waals surface area contributed by atoms with Crippen molar-refractivity contribution in [1.29, 1.82) is 0 Å². The summed E-state index contributed by atoms with van der Waals surface area (Å²) in [5, 5.41) is 13.5. The van der Waals surface area contributed by atoms with Gasteiger partial charge in [0.15, 0.2) is 5.69 Å². The molecule has 0 radical (unpaired) electrons. The van der Waals surface area contributed by atoms with E-state index in [0.717, 1.165) is 11.1 Å². The number of fused-ring (bicyclic) bond motifs is 1. The highest BCUT2D eigenvalue weighted by Crippen LogP contribution is 2.25. The molecule has 8 nitrogen and oxygen atoms in total. The van der Waals surface area contributed by atoms with Gasteiger partial charge >= 0.3 is 5.97 Å². The molecule has 0 fully saturated rings. The lowest BCUT2D eigenvalue weighted by Gasteiger charge is -2.03. The molecule has 0 saturated carbocycles. The van der Waals surface area contributed by atoms with Crippen LogP contribution in [0.4, 0.5) is 0 Å². The third-order valence-corrected chi connectivity index (χ3v) is 3.16. The molecule has 1 aromatic carbocycles. The van der Waals surface area contributed by atoms with E-state index in [4.69, 9.17) is 10.8 Å². The van der Waals surface area contributed by atoms with Crippen molar-refractivity contribution in [2.45, 2.75) is 6.54 Å². The van der Waals surface area contributed by atoms with Gasteiger partial charge in [-0.1, -0.05) is 6.07 Å². The van der Waals surface area contributed by atoms with E-state index in [1.807, 2.05) is 0 Å². The molecule has 0 saturated heterocycles. The van der Waals surface area contributed by atoms with Crippen LogP contribution in [-0.4, -0.2) is 36.7 Å². The molecular weight excluding hydrogens is 286 g/mol. The van der Waals surface area contributed by atoms with Crippen LogP contribution < -0.4 is 5.73 Å². The summed E-state index contributed by atoms with van der Waals surface area (Å²) in [6, 6.07) is 5.19. The number of carboxylic acid groups (broad SMARTS) is 1. The van der Waals surface area contributed by atoms with Crippen LogP contribution in [0.1, 0.15) is 10.5 Å². The largest absolute Gasteiger partial charge is 0.480 e. The molecule has 1 amide bonds. The van der Waals surface area contributed by atoms with Crippen molar-refractivity contribution in [3.63, 3.8) is 0 Å². The van der Waals surface area contributed by atoms with Crippen LogP contribution in [0.5, 0.6) is 0 Å². The average Bonchev–Trinajstić information content (AvgIpc) is 2.86. The number of aliphatic carboxylic acids is 1. The van der Waals surface area contributed by atoms with Gasteiger partial charge in [0.05, 0.1) is 5.52 Å². The SMILES string of the molecule is NC(=O)c1nn(CC(=O)O)c2cc(-c3cncnc3)ccc12. The fourth-order valence-corrected chi connectivity index (χ4v) is 2.23. The standard InChI is InChI=1S/C14H11N5O3/c15-14(22)13-10-2-1-8(9-4-16-7-17-5-9)3-11(10)19(18-13)6-12(20)21/h1-5,7H,6H2,(H2,15,22)(H,20,21). The normalized spacial score (nSPS) is 10.7.